The van der Waals surface area contributed by atoms with Crippen molar-refractivity contribution < 1.29 is 4.74 Å². The van der Waals surface area contributed by atoms with Crippen molar-refractivity contribution in [2.24, 2.45) is 10.7 Å². The summed E-state index contributed by atoms with van der Waals surface area (Å²) < 4.78 is 5.55. The lowest BCUT2D eigenvalue weighted by atomic mass is 9.99. The van der Waals surface area contributed by atoms with Crippen molar-refractivity contribution in [2.75, 3.05) is 7.11 Å². The summed E-state index contributed by atoms with van der Waals surface area (Å²) >= 11 is 0. The van der Waals surface area contributed by atoms with Crippen molar-refractivity contribution in [3.8, 4) is 0 Å². The molecule has 0 atom stereocenters. The fourth-order valence-corrected chi connectivity index (χ4v) is 1.97. The maximum Gasteiger partial charge on any atom is 0.127 e. The van der Waals surface area contributed by atoms with E-state index in [1.165, 1.54) is 12.8 Å². The Kier molecular flexibility index (Phi) is 3.20. The quantitative estimate of drug-likeness (QED) is 0.545. The van der Waals surface area contributed by atoms with Crippen molar-refractivity contribution in [1.29, 1.82) is 0 Å². The van der Waals surface area contributed by atoms with Crippen LogP contribution in [0.1, 0.15) is 46.5 Å². The number of methoxy groups -OCH3 is 1. The molecule has 3 heteroatoms. The van der Waals surface area contributed by atoms with Gasteiger partial charge in [0.25, 0.3) is 0 Å². The van der Waals surface area contributed by atoms with Crippen LogP contribution in [0.15, 0.2) is 4.99 Å². The second kappa shape index (κ2) is 3.89. The SMILES string of the molecule is COC1(C(N)=NC(C)(C)C)CCCC1. The summed E-state index contributed by atoms with van der Waals surface area (Å²) in [5.74, 6) is 0.671. The number of hydrogen-bond acceptors (Lipinski definition) is 2. The number of aliphatic imine (C=N–C) groups is 1. The minimum atomic E-state index is -0.271. The maximum absolute atomic E-state index is 6.04. The lowest BCUT2D eigenvalue weighted by Crippen LogP contribution is -2.44. The van der Waals surface area contributed by atoms with Crippen LogP contribution in [-0.2, 0) is 4.74 Å². The van der Waals surface area contributed by atoms with Gasteiger partial charge in [0, 0.05) is 7.11 Å². The van der Waals surface area contributed by atoms with Crippen molar-refractivity contribution in [1.82, 2.24) is 0 Å². The maximum atomic E-state index is 6.04. The van der Waals surface area contributed by atoms with Gasteiger partial charge in [0.05, 0.1) is 5.54 Å². The van der Waals surface area contributed by atoms with E-state index in [-0.39, 0.29) is 11.1 Å². The summed E-state index contributed by atoms with van der Waals surface area (Å²) in [7, 11) is 1.73. The summed E-state index contributed by atoms with van der Waals surface area (Å²) in [5, 5.41) is 0. The molecule has 0 heterocycles. The molecule has 2 N–H and O–H groups in total. The third-order valence-electron chi connectivity index (χ3n) is 2.72. The highest BCUT2D eigenvalue weighted by molar-refractivity contribution is 5.89. The van der Waals surface area contributed by atoms with Gasteiger partial charge in [-0.2, -0.15) is 0 Å². The van der Waals surface area contributed by atoms with Crippen LogP contribution in [0, 0.1) is 0 Å². The van der Waals surface area contributed by atoms with Crippen molar-refractivity contribution in [3.05, 3.63) is 0 Å². The van der Waals surface area contributed by atoms with Gasteiger partial charge in [-0.25, -0.2) is 0 Å². The highest BCUT2D eigenvalue weighted by atomic mass is 16.5. The van der Waals surface area contributed by atoms with Crippen LogP contribution in [0.2, 0.25) is 0 Å². The zero-order chi connectivity index (χ0) is 10.8. The molecule has 0 spiro atoms. The number of rotatable bonds is 2. The van der Waals surface area contributed by atoms with Gasteiger partial charge in [-0.15, -0.1) is 0 Å². The Hall–Kier alpha value is -0.570. The van der Waals surface area contributed by atoms with Gasteiger partial charge in [-0.3, -0.25) is 4.99 Å². The number of hydrogen-bond donors (Lipinski definition) is 1. The average molecular weight is 198 g/mol. The Balaban J connectivity index is 2.84. The molecular weight excluding hydrogens is 176 g/mol. The van der Waals surface area contributed by atoms with Crippen LogP contribution >= 0.6 is 0 Å². The average Bonchev–Trinajstić information content (AvgIpc) is 2.49. The smallest absolute Gasteiger partial charge is 0.127 e. The van der Waals surface area contributed by atoms with Gasteiger partial charge in [-0.1, -0.05) is 0 Å². The Labute approximate surface area is 86.7 Å². The van der Waals surface area contributed by atoms with Gasteiger partial charge < -0.3 is 10.5 Å². The fourth-order valence-electron chi connectivity index (χ4n) is 1.97. The molecule has 82 valence electrons. The van der Waals surface area contributed by atoms with Crippen LogP contribution < -0.4 is 5.73 Å². The van der Waals surface area contributed by atoms with Crippen LogP contribution in [0.5, 0.6) is 0 Å². The van der Waals surface area contributed by atoms with Crippen molar-refractivity contribution in [3.63, 3.8) is 0 Å². The van der Waals surface area contributed by atoms with Gasteiger partial charge in [0.1, 0.15) is 11.4 Å². The zero-order valence-electron chi connectivity index (χ0n) is 9.76. The first-order valence-electron chi connectivity index (χ1n) is 5.31. The highest BCUT2D eigenvalue weighted by Gasteiger charge is 2.38. The minimum absolute atomic E-state index is 0.113. The molecule has 0 unspecified atom stereocenters. The van der Waals surface area contributed by atoms with E-state index < -0.39 is 0 Å². The highest BCUT2D eigenvalue weighted by Crippen LogP contribution is 2.33. The summed E-state index contributed by atoms with van der Waals surface area (Å²) in [6.07, 6.45) is 4.40. The Morgan fingerprint density at radius 3 is 2.14 bits per heavy atom. The van der Waals surface area contributed by atoms with Crippen LogP contribution in [0.3, 0.4) is 0 Å². The van der Waals surface area contributed by atoms with E-state index in [4.69, 9.17) is 10.5 Å². The summed E-state index contributed by atoms with van der Waals surface area (Å²) in [6, 6.07) is 0. The standard InChI is InChI=1S/C11H22N2O/c1-10(2,3)13-9(12)11(14-4)7-5-6-8-11/h5-8H2,1-4H3,(H2,12,13). The number of ether oxygens (including phenoxy) is 1. The molecule has 0 amide bonds. The predicted molar refractivity (Wildman–Crippen MR) is 59.6 cm³/mol. The summed E-state index contributed by atoms with van der Waals surface area (Å²) in [6.45, 7) is 6.16. The molecule has 3 nitrogen and oxygen atoms in total. The number of nitrogens with two attached hydrogens (primary N) is 1. The molecule has 0 radical (unpaired) electrons. The first-order chi connectivity index (χ1) is 6.40. The fraction of sp³-hybridized carbons (Fsp3) is 0.909. The van der Waals surface area contributed by atoms with Gasteiger partial charge >= 0.3 is 0 Å². The van der Waals surface area contributed by atoms with E-state index in [1.807, 2.05) is 0 Å². The molecule has 0 saturated heterocycles. The largest absolute Gasteiger partial charge is 0.385 e. The van der Waals surface area contributed by atoms with Crippen LogP contribution in [0.25, 0.3) is 0 Å². The second-order valence-electron chi connectivity index (χ2n) is 5.07. The predicted octanol–water partition coefficient (Wildman–Crippen LogP) is 2.10. The van der Waals surface area contributed by atoms with Gasteiger partial charge in [0.15, 0.2) is 0 Å². The molecule has 1 aliphatic rings. The third-order valence-corrected chi connectivity index (χ3v) is 2.72. The third kappa shape index (κ3) is 2.47. The molecule has 0 aromatic carbocycles. The molecule has 1 aliphatic carbocycles. The van der Waals surface area contributed by atoms with Gasteiger partial charge in [-0.05, 0) is 46.5 Å². The minimum Gasteiger partial charge on any atom is -0.385 e. The summed E-state index contributed by atoms with van der Waals surface area (Å²) in [5.41, 5.74) is 5.65. The van der Waals surface area contributed by atoms with E-state index in [0.29, 0.717) is 5.84 Å². The molecule has 1 saturated carbocycles. The van der Waals surface area contributed by atoms with Crippen LogP contribution in [0.4, 0.5) is 0 Å². The molecule has 14 heavy (non-hydrogen) atoms. The molecule has 0 aliphatic heterocycles. The lowest BCUT2D eigenvalue weighted by Gasteiger charge is -2.28. The topological polar surface area (TPSA) is 47.6 Å². The van der Waals surface area contributed by atoms with E-state index in [1.54, 1.807) is 7.11 Å². The molecule has 0 aromatic rings. The van der Waals surface area contributed by atoms with Gasteiger partial charge in [0.2, 0.25) is 0 Å². The molecule has 0 aromatic heterocycles. The van der Waals surface area contributed by atoms with E-state index in [2.05, 4.69) is 25.8 Å². The first kappa shape index (κ1) is 11.5. The zero-order valence-corrected chi connectivity index (χ0v) is 9.76. The molecular formula is C11H22N2O. The second-order valence-corrected chi connectivity index (χ2v) is 5.07. The molecule has 1 rings (SSSR count). The van der Waals surface area contributed by atoms with Crippen LogP contribution in [-0.4, -0.2) is 24.1 Å². The molecule has 1 fully saturated rings. The van der Waals surface area contributed by atoms with E-state index in [0.717, 1.165) is 12.8 Å². The summed E-state index contributed by atoms with van der Waals surface area (Å²) in [4.78, 5) is 4.50. The monoisotopic (exact) mass is 198 g/mol. The number of nitrogens with zero attached hydrogens (tertiary/aromatic N) is 1. The van der Waals surface area contributed by atoms with Crippen molar-refractivity contribution >= 4 is 5.84 Å². The normalized spacial score (nSPS) is 22.7. The molecule has 0 bridgehead atoms. The van der Waals surface area contributed by atoms with Crippen molar-refractivity contribution in [2.45, 2.75) is 57.6 Å². The Morgan fingerprint density at radius 2 is 1.79 bits per heavy atom. The Bertz CT molecular complexity index is 222. The Morgan fingerprint density at radius 1 is 1.29 bits per heavy atom. The van der Waals surface area contributed by atoms with E-state index in [9.17, 15) is 0 Å². The number of amidine groups is 1. The first-order valence-corrected chi connectivity index (χ1v) is 5.31. The lowest BCUT2D eigenvalue weighted by molar-refractivity contribution is 0.0546. The van der Waals surface area contributed by atoms with E-state index >= 15 is 0 Å².